The second-order valence-electron chi connectivity index (χ2n) is 5.86. The Balaban J connectivity index is 1.83. The Kier molecular flexibility index (Phi) is 5.03. The third kappa shape index (κ3) is 3.50. The largest absolute Gasteiger partial charge is 0.493 e. The van der Waals surface area contributed by atoms with E-state index in [-0.39, 0.29) is 11.8 Å². The molecule has 1 aliphatic rings. The summed E-state index contributed by atoms with van der Waals surface area (Å²) >= 11 is 0. The number of fused-ring (bicyclic) bond motifs is 1. The molecule has 1 aliphatic heterocycles. The highest BCUT2D eigenvalue weighted by atomic mass is 16.5. The molecule has 0 radical (unpaired) electrons. The summed E-state index contributed by atoms with van der Waals surface area (Å²) in [6.07, 6.45) is 1.20. The standard InChI is InChI=1S/C20H22N2O3/c1-3-22-17-11-10-15(13-14(17)9-12-19(22)23)21-20(24)16-7-5-6-8-18(16)25-4-2/h5-8,10-11,13H,3-4,9,12H2,1-2H3,(H,21,24). The molecule has 0 atom stereocenters. The minimum absolute atomic E-state index is 0.150. The second-order valence-corrected chi connectivity index (χ2v) is 5.86. The van der Waals surface area contributed by atoms with Crippen molar-refractivity contribution >= 4 is 23.2 Å². The van der Waals surface area contributed by atoms with Crippen molar-refractivity contribution in [3.8, 4) is 5.75 Å². The van der Waals surface area contributed by atoms with Gasteiger partial charge in [-0.15, -0.1) is 0 Å². The fraction of sp³-hybridized carbons (Fsp3) is 0.300. The van der Waals surface area contributed by atoms with E-state index in [0.29, 0.717) is 37.3 Å². The first-order chi connectivity index (χ1) is 12.1. The molecule has 3 rings (SSSR count). The molecule has 5 heteroatoms. The molecule has 2 aromatic carbocycles. The Morgan fingerprint density at radius 2 is 1.96 bits per heavy atom. The minimum Gasteiger partial charge on any atom is -0.493 e. The maximum atomic E-state index is 12.6. The van der Waals surface area contributed by atoms with Gasteiger partial charge < -0.3 is 15.0 Å². The molecule has 2 amide bonds. The van der Waals surface area contributed by atoms with E-state index in [4.69, 9.17) is 4.74 Å². The number of anilines is 2. The van der Waals surface area contributed by atoms with Gasteiger partial charge in [0.25, 0.3) is 5.91 Å². The molecular formula is C20H22N2O3. The lowest BCUT2D eigenvalue weighted by molar-refractivity contribution is -0.118. The van der Waals surface area contributed by atoms with E-state index < -0.39 is 0 Å². The van der Waals surface area contributed by atoms with Crippen LogP contribution < -0.4 is 15.0 Å². The predicted octanol–water partition coefficient (Wildman–Crippen LogP) is 3.64. The van der Waals surface area contributed by atoms with E-state index >= 15 is 0 Å². The summed E-state index contributed by atoms with van der Waals surface area (Å²) in [4.78, 5) is 26.4. The van der Waals surface area contributed by atoms with Crippen LogP contribution in [0.15, 0.2) is 42.5 Å². The van der Waals surface area contributed by atoms with E-state index in [1.807, 2.05) is 44.2 Å². The number of ether oxygens (including phenoxy) is 1. The molecule has 130 valence electrons. The van der Waals surface area contributed by atoms with Crippen molar-refractivity contribution in [1.29, 1.82) is 0 Å². The average Bonchev–Trinajstić information content (AvgIpc) is 2.62. The SMILES string of the molecule is CCOc1ccccc1C(=O)Nc1ccc2c(c1)CCC(=O)N2CC. The lowest BCUT2D eigenvalue weighted by Gasteiger charge is -2.28. The highest BCUT2D eigenvalue weighted by molar-refractivity contribution is 6.06. The van der Waals surface area contributed by atoms with Gasteiger partial charge in [-0.3, -0.25) is 9.59 Å². The van der Waals surface area contributed by atoms with Crippen LogP contribution in [0.5, 0.6) is 5.75 Å². The van der Waals surface area contributed by atoms with E-state index in [2.05, 4.69) is 5.32 Å². The lowest BCUT2D eigenvalue weighted by atomic mass is 10.0. The summed E-state index contributed by atoms with van der Waals surface area (Å²) in [6.45, 7) is 5.01. The summed E-state index contributed by atoms with van der Waals surface area (Å²) in [5.74, 6) is 0.517. The molecule has 0 unspecified atom stereocenters. The molecule has 0 aromatic heterocycles. The van der Waals surface area contributed by atoms with Gasteiger partial charge >= 0.3 is 0 Å². The van der Waals surface area contributed by atoms with Gasteiger partial charge in [0.1, 0.15) is 5.75 Å². The summed E-state index contributed by atoms with van der Waals surface area (Å²) in [6, 6.07) is 12.9. The first-order valence-electron chi connectivity index (χ1n) is 8.60. The van der Waals surface area contributed by atoms with Crippen LogP contribution in [0, 0.1) is 0 Å². The first kappa shape index (κ1) is 17.0. The fourth-order valence-corrected chi connectivity index (χ4v) is 3.12. The van der Waals surface area contributed by atoms with Crippen LogP contribution in [0.25, 0.3) is 0 Å². The number of para-hydroxylation sites is 1. The van der Waals surface area contributed by atoms with Gasteiger partial charge in [-0.25, -0.2) is 0 Å². The first-order valence-corrected chi connectivity index (χ1v) is 8.60. The third-order valence-corrected chi connectivity index (χ3v) is 4.29. The molecule has 0 spiro atoms. The van der Waals surface area contributed by atoms with Crippen molar-refractivity contribution in [3.05, 3.63) is 53.6 Å². The van der Waals surface area contributed by atoms with E-state index in [1.54, 1.807) is 17.0 Å². The predicted molar refractivity (Wildman–Crippen MR) is 98.4 cm³/mol. The number of carbonyl (C=O) groups excluding carboxylic acids is 2. The van der Waals surface area contributed by atoms with Crippen molar-refractivity contribution in [2.75, 3.05) is 23.4 Å². The van der Waals surface area contributed by atoms with Crippen LogP contribution in [0.1, 0.15) is 36.2 Å². The van der Waals surface area contributed by atoms with Crippen molar-refractivity contribution < 1.29 is 14.3 Å². The van der Waals surface area contributed by atoms with Crippen LogP contribution >= 0.6 is 0 Å². The van der Waals surface area contributed by atoms with Gasteiger partial charge in [0.2, 0.25) is 5.91 Å². The zero-order chi connectivity index (χ0) is 17.8. The van der Waals surface area contributed by atoms with Crippen molar-refractivity contribution in [3.63, 3.8) is 0 Å². The zero-order valence-electron chi connectivity index (χ0n) is 14.5. The van der Waals surface area contributed by atoms with Crippen molar-refractivity contribution in [2.45, 2.75) is 26.7 Å². The van der Waals surface area contributed by atoms with Crippen LogP contribution in [0.3, 0.4) is 0 Å². The number of benzene rings is 2. The zero-order valence-corrected chi connectivity index (χ0v) is 14.5. The summed E-state index contributed by atoms with van der Waals surface area (Å²) in [5, 5.41) is 2.93. The van der Waals surface area contributed by atoms with Crippen LogP contribution in [-0.4, -0.2) is 25.0 Å². The Labute approximate surface area is 147 Å². The number of aryl methyl sites for hydroxylation is 1. The van der Waals surface area contributed by atoms with Crippen molar-refractivity contribution in [2.24, 2.45) is 0 Å². The Hall–Kier alpha value is -2.82. The molecule has 0 saturated carbocycles. The number of nitrogens with one attached hydrogen (secondary N) is 1. The van der Waals surface area contributed by atoms with Gasteiger partial charge in [0, 0.05) is 24.3 Å². The topological polar surface area (TPSA) is 58.6 Å². The molecule has 5 nitrogen and oxygen atoms in total. The van der Waals surface area contributed by atoms with E-state index in [9.17, 15) is 9.59 Å². The number of hydrogen-bond acceptors (Lipinski definition) is 3. The average molecular weight is 338 g/mol. The number of carbonyl (C=O) groups is 2. The molecule has 1 N–H and O–H groups in total. The molecule has 0 fully saturated rings. The van der Waals surface area contributed by atoms with Gasteiger partial charge in [0.15, 0.2) is 0 Å². The highest BCUT2D eigenvalue weighted by Gasteiger charge is 2.23. The van der Waals surface area contributed by atoms with E-state index in [0.717, 1.165) is 16.9 Å². The molecule has 25 heavy (non-hydrogen) atoms. The number of amides is 2. The lowest BCUT2D eigenvalue weighted by Crippen LogP contribution is -2.34. The molecule has 2 aromatic rings. The third-order valence-electron chi connectivity index (χ3n) is 4.29. The Morgan fingerprint density at radius 3 is 2.72 bits per heavy atom. The molecule has 0 bridgehead atoms. The van der Waals surface area contributed by atoms with Crippen LogP contribution in [0.2, 0.25) is 0 Å². The van der Waals surface area contributed by atoms with Crippen molar-refractivity contribution in [1.82, 2.24) is 0 Å². The monoisotopic (exact) mass is 338 g/mol. The smallest absolute Gasteiger partial charge is 0.259 e. The Morgan fingerprint density at radius 1 is 1.16 bits per heavy atom. The van der Waals surface area contributed by atoms with Crippen LogP contribution in [-0.2, 0) is 11.2 Å². The summed E-state index contributed by atoms with van der Waals surface area (Å²) in [5.41, 5.74) is 3.25. The number of hydrogen-bond donors (Lipinski definition) is 1. The number of nitrogens with zero attached hydrogens (tertiary/aromatic N) is 1. The van der Waals surface area contributed by atoms with E-state index in [1.165, 1.54) is 0 Å². The summed E-state index contributed by atoms with van der Waals surface area (Å²) in [7, 11) is 0. The maximum absolute atomic E-state index is 12.6. The van der Waals surface area contributed by atoms with Gasteiger partial charge in [0.05, 0.1) is 12.2 Å². The molecule has 0 saturated heterocycles. The molecule has 0 aliphatic carbocycles. The fourth-order valence-electron chi connectivity index (χ4n) is 3.12. The van der Waals surface area contributed by atoms with Gasteiger partial charge in [-0.1, -0.05) is 12.1 Å². The Bertz CT molecular complexity index is 801. The van der Waals surface area contributed by atoms with Crippen LogP contribution in [0.4, 0.5) is 11.4 Å². The van der Waals surface area contributed by atoms with Gasteiger partial charge in [-0.05, 0) is 56.2 Å². The maximum Gasteiger partial charge on any atom is 0.259 e. The quantitative estimate of drug-likeness (QED) is 0.905. The number of rotatable bonds is 5. The molecule has 1 heterocycles. The highest BCUT2D eigenvalue weighted by Crippen LogP contribution is 2.30. The minimum atomic E-state index is -0.205. The van der Waals surface area contributed by atoms with Gasteiger partial charge in [-0.2, -0.15) is 0 Å². The molecular weight excluding hydrogens is 316 g/mol. The normalized spacial score (nSPS) is 13.4. The summed E-state index contributed by atoms with van der Waals surface area (Å²) < 4.78 is 5.52. The second kappa shape index (κ2) is 7.38.